The summed E-state index contributed by atoms with van der Waals surface area (Å²) in [6.45, 7) is 3.72. The zero-order chi connectivity index (χ0) is 19.4. The number of anilines is 1. The lowest BCUT2D eigenvalue weighted by molar-refractivity contribution is -0.131. The van der Waals surface area contributed by atoms with Crippen molar-refractivity contribution in [1.29, 1.82) is 0 Å². The van der Waals surface area contributed by atoms with Gasteiger partial charge in [-0.15, -0.1) is 0 Å². The van der Waals surface area contributed by atoms with Crippen LogP contribution < -0.4 is 4.90 Å². The number of allylic oxidation sites excluding steroid dienone is 1. The van der Waals surface area contributed by atoms with Gasteiger partial charge in [-0.25, -0.2) is 13.2 Å². The normalized spacial score (nSPS) is 16.3. The molecule has 0 bridgehead atoms. The largest absolute Gasteiger partial charge is 0.478 e. The van der Waals surface area contributed by atoms with Crippen molar-refractivity contribution in [2.24, 2.45) is 0 Å². The smallest absolute Gasteiger partial charge is 0.328 e. The van der Waals surface area contributed by atoms with Gasteiger partial charge in [-0.2, -0.15) is 4.31 Å². The van der Waals surface area contributed by atoms with Crippen LogP contribution in [0.4, 0.5) is 5.69 Å². The predicted octanol–water partition coefficient (Wildman–Crippen LogP) is 2.69. The van der Waals surface area contributed by atoms with Crippen LogP contribution >= 0.6 is 0 Å². The molecule has 0 amide bonds. The van der Waals surface area contributed by atoms with Gasteiger partial charge < -0.3 is 10.0 Å². The fraction of sp³-hybridized carbons (Fsp3) is 0.250. The van der Waals surface area contributed by atoms with E-state index in [-0.39, 0.29) is 4.90 Å². The lowest BCUT2D eigenvalue weighted by Crippen LogP contribution is -2.48. The van der Waals surface area contributed by atoms with Crippen LogP contribution in [0.5, 0.6) is 0 Å². The van der Waals surface area contributed by atoms with Crippen LogP contribution in [0.1, 0.15) is 12.5 Å². The summed E-state index contributed by atoms with van der Waals surface area (Å²) in [5, 5.41) is 8.89. The number of carbonyl (C=O) groups is 1. The molecule has 1 N–H and O–H groups in total. The van der Waals surface area contributed by atoms with E-state index in [0.717, 1.165) is 11.8 Å². The Labute approximate surface area is 159 Å². The molecule has 1 aliphatic heterocycles. The number of sulfonamides is 1. The van der Waals surface area contributed by atoms with Gasteiger partial charge in [-0.05, 0) is 42.3 Å². The Bertz CT molecular complexity index is 947. The molecule has 2 aromatic rings. The van der Waals surface area contributed by atoms with E-state index in [9.17, 15) is 13.2 Å². The third kappa shape index (κ3) is 4.37. The van der Waals surface area contributed by atoms with Crippen molar-refractivity contribution >= 4 is 27.3 Å². The summed E-state index contributed by atoms with van der Waals surface area (Å²) < 4.78 is 27.5. The van der Waals surface area contributed by atoms with Crippen LogP contribution in [-0.2, 0) is 14.8 Å². The summed E-state index contributed by atoms with van der Waals surface area (Å²) in [6, 6.07) is 16.4. The third-order valence-electron chi connectivity index (χ3n) is 4.63. The summed E-state index contributed by atoms with van der Waals surface area (Å²) in [7, 11) is -3.62. The van der Waals surface area contributed by atoms with Crippen molar-refractivity contribution in [2.45, 2.75) is 11.8 Å². The second-order valence-corrected chi connectivity index (χ2v) is 8.36. The van der Waals surface area contributed by atoms with Crippen molar-refractivity contribution in [2.75, 3.05) is 31.1 Å². The minimum Gasteiger partial charge on any atom is -0.478 e. The average Bonchev–Trinajstić information content (AvgIpc) is 2.68. The molecular formula is C20H22N2O4S. The number of hydrogen-bond acceptors (Lipinski definition) is 4. The highest BCUT2D eigenvalue weighted by atomic mass is 32.2. The second kappa shape index (κ2) is 7.94. The second-order valence-electron chi connectivity index (χ2n) is 6.42. The highest BCUT2D eigenvalue weighted by Crippen LogP contribution is 2.23. The van der Waals surface area contributed by atoms with E-state index >= 15 is 0 Å². The van der Waals surface area contributed by atoms with E-state index in [1.807, 2.05) is 30.3 Å². The van der Waals surface area contributed by atoms with Crippen LogP contribution in [0.2, 0.25) is 0 Å². The molecule has 1 heterocycles. The number of hydrogen-bond donors (Lipinski definition) is 1. The number of nitrogens with zero attached hydrogens (tertiary/aromatic N) is 2. The quantitative estimate of drug-likeness (QED) is 0.800. The first-order chi connectivity index (χ1) is 12.9. The van der Waals surface area contributed by atoms with Crippen LogP contribution in [0.25, 0.3) is 5.57 Å². The number of para-hydroxylation sites is 1. The van der Waals surface area contributed by atoms with Crippen LogP contribution in [-0.4, -0.2) is 50.0 Å². The van der Waals surface area contributed by atoms with Crippen LogP contribution in [0.15, 0.2) is 65.6 Å². The molecule has 0 aliphatic carbocycles. The molecule has 0 unspecified atom stereocenters. The van der Waals surface area contributed by atoms with Gasteiger partial charge in [0.25, 0.3) is 0 Å². The molecule has 0 spiro atoms. The van der Waals surface area contributed by atoms with Gasteiger partial charge in [0, 0.05) is 37.9 Å². The molecule has 7 heteroatoms. The van der Waals surface area contributed by atoms with Gasteiger partial charge >= 0.3 is 5.97 Å². The Balaban J connectivity index is 1.77. The van der Waals surface area contributed by atoms with Crippen molar-refractivity contribution < 1.29 is 18.3 Å². The molecule has 3 rings (SSSR count). The van der Waals surface area contributed by atoms with Crippen molar-refractivity contribution in [3.8, 4) is 0 Å². The summed E-state index contributed by atoms with van der Waals surface area (Å²) in [6.07, 6.45) is 1.07. The number of rotatable bonds is 5. The maximum Gasteiger partial charge on any atom is 0.328 e. The first-order valence-electron chi connectivity index (χ1n) is 8.70. The molecule has 6 nitrogen and oxygen atoms in total. The van der Waals surface area contributed by atoms with Gasteiger partial charge in [0.05, 0.1) is 4.90 Å². The fourth-order valence-electron chi connectivity index (χ4n) is 3.14. The van der Waals surface area contributed by atoms with Crippen molar-refractivity contribution in [3.05, 3.63) is 66.2 Å². The Hall–Kier alpha value is -2.64. The molecule has 1 fully saturated rings. The first-order valence-corrected chi connectivity index (χ1v) is 10.1. The maximum atomic E-state index is 13.0. The van der Waals surface area contributed by atoms with Crippen LogP contribution in [0.3, 0.4) is 0 Å². The van der Waals surface area contributed by atoms with E-state index < -0.39 is 16.0 Å². The lowest BCUT2D eigenvalue weighted by atomic mass is 10.1. The Morgan fingerprint density at radius 2 is 1.67 bits per heavy atom. The number of aliphatic carboxylic acids is 1. The monoisotopic (exact) mass is 386 g/mol. The summed E-state index contributed by atoms with van der Waals surface area (Å²) >= 11 is 0. The van der Waals surface area contributed by atoms with Gasteiger partial charge in [0.15, 0.2) is 0 Å². The molecule has 27 heavy (non-hydrogen) atoms. The van der Waals surface area contributed by atoms with Crippen molar-refractivity contribution in [3.63, 3.8) is 0 Å². The van der Waals surface area contributed by atoms with E-state index in [1.165, 1.54) is 10.4 Å². The fourth-order valence-corrected chi connectivity index (χ4v) is 4.61. The molecule has 0 aromatic heterocycles. The van der Waals surface area contributed by atoms with E-state index in [1.54, 1.807) is 25.1 Å². The Morgan fingerprint density at radius 1 is 1.00 bits per heavy atom. The molecule has 0 atom stereocenters. The van der Waals surface area contributed by atoms with Gasteiger partial charge in [0.1, 0.15) is 0 Å². The minimum absolute atomic E-state index is 0.186. The SMILES string of the molecule is C/C(=C\C(=O)O)c1cccc(S(=O)(=O)N2CCN(c3ccccc3)CC2)c1. The summed E-state index contributed by atoms with van der Waals surface area (Å²) in [5.74, 6) is -1.06. The lowest BCUT2D eigenvalue weighted by Gasteiger charge is -2.35. The number of benzene rings is 2. The summed E-state index contributed by atoms with van der Waals surface area (Å²) in [5.41, 5.74) is 2.18. The average molecular weight is 386 g/mol. The predicted molar refractivity (Wildman–Crippen MR) is 105 cm³/mol. The Kier molecular flexibility index (Phi) is 5.62. The van der Waals surface area contributed by atoms with E-state index in [0.29, 0.717) is 37.3 Å². The van der Waals surface area contributed by atoms with E-state index in [2.05, 4.69) is 4.90 Å². The Morgan fingerprint density at radius 3 is 2.30 bits per heavy atom. The molecule has 142 valence electrons. The number of carboxylic acids is 1. The first kappa shape index (κ1) is 19.1. The third-order valence-corrected chi connectivity index (χ3v) is 6.52. The molecule has 1 saturated heterocycles. The molecule has 0 radical (unpaired) electrons. The number of carboxylic acid groups (broad SMARTS) is 1. The molecule has 1 aliphatic rings. The molecule has 0 saturated carbocycles. The topological polar surface area (TPSA) is 77.9 Å². The van der Waals surface area contributed by atoms with E-state index in [4.69, 9.17) is 5.11 Å². The maximum absolute atomic E-state index is 13.0. The summed E-state index contributed by atoms with van der Waals surface area (Å²) in [4.78, 5) is 13.2. The van der Waals surface area contributed by atoms with Gasteiger partial charge in [0.2, 0.25) is 10.0 Å². The van der Waals surface area contributed by atoms with Gasteiger partial charge in [-0.1, -0.05) is 30.3 Å². The highest BCUT2D eigenvalue weighted by molar-refractivity contribution is 7.89. The minimum atomic E-state index is -3.62. The zero-order valence-electron chi connectivity index (χ0n) is 15.1. The van der Waals surface area contributed by atoms with Gasteiger partial charge in [-0.3, -0.25) is 0 Å². The molecular weight excluding hydrogens is 364 g/mol. The molecule has 2 aromatic carbocycles. The highest BCUT2D eigenvalue weighted by Gasteiger charge is 2.28. The zero-order valence-corrected chi connectivity index (χ0v) is 15.9. The number of piperazine rings is 1. The standard InChI is InChI=1S/C20H22N2O4S/c1-16(14-20(23)24)17-6-5-9-19(15-17)27(25,26)22-12-10-21(11-13-22)18-7-3-2-4-8-18/h2-9,14-15H,10-13H2,1H3,(H,23,24)/b16-14+. The van der Waals surface area contributed by atoms with Crippen molar-refractivity contribution in [1.82, 2.24) is 4.31 Å². The van der Waals surface area contributed by atoms with Crippen LogP contribution in [0, 0.1) is 0 Å².